The summed E-state index contributed by atoms with van der Waals surface area (Å²) in [6.45, 7) is 4.17. The number of benzene rings is 1. The summed E-state index contributed by atoms with van der Waals surface area (Å²) in [6.07, 6.45) is 5.06. The van der Waals surface area contributed by atoms with Crippen molar-refractivity contribution in [1.82, 2.24) is 19.9 Å². The van der Waals surface area contributed by atoms with Gasteiger partial charge in [0.25, 0.3) is 0 Å². The maximum Gasteiger partial charge on any atom is 0.187 e. The molecule has 4 nitrogen and oxygen atoms in total. The molecule has 0 aliphatic carbocycles. The van der Waals surface area contributed by atoms with E-state index in [-0.39, 0.29) is 5.56 Å². The fourth-order valence-corrected chi connectivity index (χ4v) is 2.95. The van der Waals surface area contributed by atoms with E-state index in [1.54, 1.807) is 42.5 Å². The van der Waals surface area contributed by atoms with Gasteiger partial charge in [0.1, 0.15) is 11.6 Å². The van der Waals surface area contributed by atoms with E-state index < -0.39 is 5.82 Å². The van der Waals surface area contributed by atoms with Gasteiger partial charge in [0.2, 0.25) is 0 Å². The minimum atomic E-state index is -0.418. The predicted octanol–water partition coefficient (Wildman–Crippen LogP) is 4.83. The molecule has 118 valence electrons. The van der Waals surface area contributed by atoms with Crippen LogP contribution in [0.25, 0.3) is 22.6 Å². The summed E-state index contributed by atoms with van der Waals surface area (Å²) in [5, 5.41) is 1.45. The van der Waals surface area contributed by atoms with Crippen molar-refractivity contribution in [2.45, 2.75) is 24.3 Å². The monoisotopic (exact) mass is 348 g/mol. The van der Waals surface area contributed by atoms with E-state index in [1.807, 2.05) is 0 Å². The number of halogens is 2. The lowest BCUT2D eigenvalue weighted by Gasteiger charge is -2.04. The standard InChI is InChI=1S/C16H14ClFN4S/c1-9(2)23-16-20-6-10(7-21-16)13-8-19-15(22-13)14-11(17)4-3-5-12(14)18/h3-9H,1-2H3,(H,19,22). The van der Waals surface area contributed by atoms with Crippen LogP contribution in [0.1, 0.15) is 13.8 Å². The van der Waals surface area contributed by atoms with Gasteiger partial charge in [0, 0.05) is 23.2 Å². The van der Waals surface area contributed by atoms with Crippen LogP contribution in [0, 0.1) is 5.82 Å². The molecule has 0 radical (unpaired) electrons. The first-order valence-corrected chi connectivity index (χ1v) is 8.29. The minimum absolute atomic E-state index is 0.258. The van der Waals surface area contributed by atoms with Crippen LogP contribution < -0.4 is 0 Å². The highest BCUT2D eigenvalue weighted by Gasteiger charge is 2.14. The van der Waals surface area contributed by atoms with Crippen LogP contribution in [0.15, 0.2) is 41.9 Å². The number of imidazole rings is 1. The summed E-state index contributed by atoms with van der Waals surface area (Å²) in [4.78, 5) is 15.9. The van der Waals surface area contributed by atoms with Crippen LogP contribution in [0.2, 0.25) is 5.02 Å². The molecular weight excluding hydrogens is 335 g/mol. The molecule has 23 heavy (non-hydrogen) atoms. The first kappa shape index (κ1) is 16.0. The summed E-state index contributed by atoms with van der Waals surface area (Å²) >= 11 is 7.65. The van der Waals surface area contributed by atoms with Crippen LogP contribution in [0.5, 0.6) is 0 Å². The Morgan fingerprint density at radius 2 is 1.87 bits per heavy atom. The van der Waals surface area contributed by atoms with Crippen molar-refractivity contribution in [3.8, 4) is 22.6 Å². The lowest BCUT2D eigenvalue weighted by Crippen LogP contribution is -1.93. The second-order valence-corrected chi connectivity index (χ2v) is 7.11. The molecule has 1 N–H and O–H groups in total. The van der Waals surface area contributed by atoms with Gasteiger partial charge in [-0.25, -0.2) is 19.3 Å². The van der Waals surface area contributed by atoms with E-state index in [4.69, 9.17) is 11.6 Å². The van der Waals surface area contributed by atoms with E-state index >= 15 is 0 Å². The Hall–Kier alpha value is -1.92. The third-order valence-electron chi connectivity index (χ3n) is 3.06. The lowest BCUT2D eigenvalue weighted by atomic mass is 10.2. The summed E-state index contributed by atoms with van der Waals surface area (Å²) in [6, 6.07) is 4.54. The Morgan fingerprint density at radius 1 is 1.13 bits per heavy atom. The number of aromatic nitrogens is 4. The molecule has 3 aromatic rings. The molecule has 0 saturated heterocycles. The average molecular weight is 349 g/mol. The molecule has 7 heteroatoms. The normalized spacial score (nSPS) is 11.2. The third-order valence-corrected chi connectivity index (χ3v) is 4.26. The number of H-pyrrole nitrogens is 1. The number of hydrogen-bond donors (Lipinski definition) is 1. The molecule has 3 rings (SSSR count). The highest BCUT2D eigenvalue weighted by molar-refractivity contribution is 7.99. The number of aromatic amines is 1. The van der Waals surface area contributed by atoms with E-state index in [9.17, 15) is 4.39 Å². The van der Waals surface area contributed by atoms with Crippen molar-refractivity contribution in [3.05, 3.63) is 47.6 Å². The lowest BCUT2D eigenvalue weighted by molar-refractivity contribution is 0.630. The number of hydrogen-bond acceptors (Lipinski definition) is 4. The number of nitrogens with one attached hydrogen (secondary N) is 1. The Morgan fingerprint density at radius 3 is 2.52 bits per heavy atom. The van der Waals surface area contributed by atoms with Crippen molar-refractivity contribution < 1.29 is 4.39 Å². The molecule has 1 aromatic carbocycles. The number of rotatable bonds is 4. The van der Waals surface area contributed by atoms with Gasteiger partial charge < -0.3 is 4.98 Å². The van der Waals surface area contributed by atoms with Gasteiger partial charge in [0.05, 0.1) is 22.5 Å². The second-order valence-electron chi connectivity index (χ2n) is 5.16. The van der Waals surface area contributed by atoms with Crippen molar-refractivity contribution >= 4 is 23.4 Å². The molecule has 0 amide bonds. The predicted molar refractivity (Wildman–Crippen MR) is 91.0 cm³/mol. The molecule has 2 heterocycles. The molecule has 0 aliphatic heterocycles. The summed E-state index contributed by atoms with van der Waals surface area (Å²) in [5.74, 6) is -0.0398. The van der Waals surface area contributed by atoms with Gasteiger partial charge in [-0.05, 0) is 12.1 Å². The van der Waals surface area contributed by atoms with E-state index in [1.165, 1.54) is 6.07 Å². The smallest absolute Gasteiger partial charge is 0.187 e. The van der Waals surface area contributed by atoms with Crippen molar-refractivity contribution in [2.24, 2.45) is 0 Å². The Labute approximate surface area is 142 Å². The third kappa shape index (κ3) is 3.54. The molecule has 0 saturated carbocycles. The van der Waals surface area contributed by atoms with E-state index in [0.29, 0.717) is 21.8 Å². The minimum Gasteiger partial charge on any atom is -0.338 e. The fourth-order valence-electron chi connectivity index (χ4n) is 2.05. The summed E-state index contributed by atoms with van der Waals surface area (Å²) in [7, 11) is 0. The Bertz CT molecular complexity index is 797. The van der Waals surface area contributed by atoms with Crippen LogP contribution in [-0.2, 0) is 0 Å². The molecule has 0 fully saturated rings. The van der Waals surface area contributed by atoms with Crippen molar-refractivity contribution in [1.29, 1.82) is 0 Å². The molecule has 2 aromatic heterocycles. The number of thioether (sulfide) groups is 1. The average Bonchev–Trinajstić information content (AvgIpc) is 2.97. The van der Waals surface area contributed by atoms with Crippen LogP contribution >= 0.6 is 23.4 Å². The molecular formula is C16H14ClFN4S. The largest absolute Gasteiger partial charge is 0.338 e. The first-order valence-electron chi connectivity index (χ1n) is 7.03. The van der Waals surface area contributed by atoms with Crippen molar-refractivity contribution in [2.75, 3.05) is 0 Å². The molecule has 0 bridgehead atoms. The quantitative estimate of drug-likeness (QED) is 0.542. The van der Waals surface area contributed by atoms with Gasteiger partial charge in [-0.3, -0.25) is 0 Å². The zero-order valence-electron chi connectivity index (χ0n) is 12.5. The van der Waals surface area contributed by atoms with Gasteiger partial charge in [-0.2, -0.15) is 0 Å². The molecule has 0 atom stereocenters. The molecule has 0 unspecified atom stereocenters. The zero-order chi connectivity index (χ0) is 16.4. The Kier molecular flexibility index (Phi) is 4.63. The molecule has 0 aliphatic rings. The van der Waals surface area contributed by atoms with Crippen LogP contribution in [-0.4, -0.2) is 25.2 Å². The highest BCUT2D eigenvalue weighted by Crippen LogP contribution is 2.30. The van der Waals surface area contributed by atoms with Crippen LogP contribution in [0.4, 0.5) is 4.39 Å². The highest BCUT2D eigenvalue weighted by atomic mass is 35.5. The summed E-state index contributed by atoms with van der Waals surface area (Å²) in [5.41, 5.74) is 1.75. The summed E-state index contributed by atoms with van der Waals surface area (Å²) < 4.78 is 14.0. The van der Waals surface area contributed by atoms with E-state index in [2.05, 4.69) is 33.8 Å². The second kappa shape index (κ2) is 6.68. The topological polar surface area (TPSA) is 54.5 Å². The molecule has 0 spiro atoms. The van der Waals surface area contributed by atoms with Crippen LogP contribution in [0.3, 0.4) is 0 Å². The van der Waals surface area contributed by atoms with Gasteiger partial charge >= 0.3 is 0 Å². The maximum atomic E-state index is 14.0. The van der Waals surface area contributed by atoms with Crippen molar-refractivity contribution in [3.63, 3.8) is 0 Å². The van der Waals surface area contributed by atoms with E-state index in [0.717, 1.165) is 10.7 Å². The Balaban J connectivity index is 1.90. The van der Waals surface area contributed by atoms with Gasteiger partial charge in [0.15, 0.2) is 5.16 Å². The number of nitrogens with zero attached hydrogens (tertiary/aromatic N) is 3. The van der Waals surface area contributed by atoms with Gasteiger partial charge in [-0.1, -0.05) is 43.3 Å². The maximum absolute atomic E-state index is 14.0. The first-order chi connectivity index (χ1) is 11.0. The zero-order valence-corrected chi connectivity index (χ0v) is 14.1. The SMILES string of the molecule is CC(C)Sc1ncc(-c2cnc(-c3c(F)cccc3Cl)[nH]2)cn1. The fraction of sp³-hybridized carbons (Fsp3) is 0.188. The van der Waals surface area contributed by atoms with Gasteiger partial charge in [-0.15, -0.1) is 0 Å².